The first-order valence-electron chi connectivity index (χ1n) is 2.48. The second kappa shape index (κ2) is 4.61. The van der Waals surface area contributed by atoms with Crippen molar-refractivity contribution in [1.29, 1.82) is 0 Å². The molecular formula is C4H11IO3Si. The average molecular weight is 262 g/mol. The molecule has 0 rings (SSSR count). The van der Waals surface area contributed by atoms with Crippen molar-refractivity contribution in [1.82, 2.24) is 0 Å². The summed E-state index contributed by atoms with van der Waals surface area (Å²) in [6.07, 6.45) is 0. The maximum Gasteiger partial charge on any atom is 0.497 e. The summed E-state index contributed by atoms with van der Waals surface area (Å²) in [7, 11) is 0.994. The van der Waals surface area contributed by atoms with Gasteiger partial charge in [0.2, 0.25) is 0 Å². The van der Waals surface area contributed by atoms with E-state index in [1.54, 1.807) is 14.2 Å². The van der Waals surface area contributed by atoms with Crippen LogP contribution in [0.5, 0.6) is 0 Å². The van der Waals surface area contributed by atoms with Gasteiger partial charge >= 0.3 is 8.80 Å². The Morgan fingerprint density at radius 3 is 1.89 bits per heavy atom. The Morgan fingerprint density at radius 1 is 1.33 bits per heavy atom. The van der Waals surface area contributed by atoms with E-state index in [0.717, 1.165) is 0 Å². The molecular weight excluding hydrogens is 251 g/mol. The van der Waals surface area contributed by atoms with Crippen LogP contribution < -0.4 is 0 Å². The second-order valence-corrected chi connectivity index (χ2v) is 4.98. The number of halogens is 1. The fourth-order valence-electron chi connectivity index (χ4n) is 0.300. The molecule has 0 radical (unpaired) electrons. The molecule has 9 heavy (non-hydrogen) atoms. The molecule has 0 aliphatic carbocycles. The lowest BCUT2D eigenvalue weighted by Crippen LogP contribution is -2.39. The molecule has 0 bridgehead atoms. The van der Waals surface area contributed by atoms with Crippen molar-refractivity contribution in [2.45, 2.75) is 6.55 Å². The average Bonchev–Trinajstić information content (AvgIpc) is 1.89. The number of rotatable bonds is 4. The molecule has 0 N–H and O–H groups in total. The minimum atomic E-state index is -2.20. The van der Waals surface area contributed by atoms with Gasteiger partial charge in [-0.3, -0.25) is 0 Å². The van der Waals surface area contributed by atoms with Crippen LogP contribution in [0.4, 0.5) is 0 Å². The lowest BCUT2D eigenvalue weighted by Gasteiger charge is -2.20. The van der Waals surface area contributed by atoms with Crippen LogP contribution in [0.1, 0.15) is 0 Å². The number of hydrogen-bond acceptors (Lipinski definition) is 3. The molecule has 0 aromatic heterocycles. The Kier molecular flexibility index (Phi) is 5.04. The van der Waals surface area contributed by atoms with E-state index >= 15 is 0 Å². The van der Waals surface area contributed by atoms with Gasteiger partial charge in [0.1, 0.15) is 0 Å². The van der Waals surface area contributed by atoms with Gasteiger partial charge < -0.3 is 13.3 Å². The predicted molar refractivity (Wildman–Crippen MR) is 45.6 cm³/mol. The van der Waals surface area contributed by atoms with Crippen molar-refractivity contribution < 1.29 is 13.3 Å². The summed E-state index contributed by atoms with van der Waals surface area (Å²) >= 11 is 2.11. The third kappa shape index (κ3) is 3.51. The summed E-state index contributed by atoms with van der Waals surface area (Å²) in [6.45, 7) is 1.85. The topological polar surface area (TPSA) is 27.7 Å². The van der Waals surface area contributed by atoms with Gasteiger partial charge in [-0.25, -0.2) is 0 Å². The van der Waals surface area contributed by atoms with Crippen LogP contribution in [0.15, 0.2) is 0 Å². The molecule has 5 heteroatoms. The van der Waals surface area contributed by atoms with Crippen LogP contribution in [0.3, 0.4) is 0 Å². The second-order valence-electron chi connectivity index (χ2n) is 1.52. The summed E-state index contributed by atoms with van der Waals surface area (Å²) in [6, 6.07) is 0. The monoisotopic (exact) mass is 262 g/mol. The van der Waals surface area contributed by atoms with Crippen LogP contribution >= 0.6 is 22.6 Å². The maximum absolute atomic E-state index is 5.21. The van der Waals surface area contributed by atoms with Crippen LogP contribution in [0.2, 0.25) is 6.55 Å². The van der Waals surface area contributed by atoms with Gasteiger partial charge in [-0.05, 0) is 0 Å². The van der Waals surface area contributed by atoms with E-state index in [1.807, 2.05) is 6.55 Å². The van der Waals surface area contributed by atoms with Crippen molar-refractivity contribution in [2.24, 2.45) is 0 Å². The zero-order chi connectivity index (χ0) is 7.33. The molecule has 0 heterocycles. The Bertz CT molecular complexity index is 76.2. The number of alkyl halides is 1. The molecule has 0 aromatic rings. The molecule has 0 aromatic carbocycles. The number of hydrogen-bond donors (Lipinski definition) is 0. The van der Waals surface area contributed by atoms with E-state index in [1.165, 1.54) is 0 Å². The van der Waals surface area contributed by atoms with E-state index in [2.05, 4.69) is 22.6 Å². The SMILES string of the molecule is CO[Si](C)(OC)OCI. The van der Waals surface area contributed by atoms with E-state index in [9.17, 15) is 0 Å². The Balaban J connectivity index is 3.62. The minimum Gasteiger partial charge on any atom is -0.377 e. The highest BCUT2D eigenvalue weighted by atomic mass is 127. The van der Waals surface area contributed by atoms with Crippen molar-refractivity contribution >= 4 is 31.4 Å². The van der Waals surface area contributed by atoms with E-state index in [0.29, 0.717) is 4.61 Å². The third-order valence-electron chi connectivity index (χ3n) is 1.06. The molecule has 3 nitrogen and oxygen atoms in total. The zero-order valence-corrected chi connectivity index (χ0v) is 8.97. The van der Waals surface area contributed by atoms with Gasteiger partial charge in [0.25, 0.3) is 0 Å². The van der Waals surface area contributed by atoms with Crippen LogP contribution in [-0.4, -0.2) is 27.6 Å². The van der Waals surface area contributed by atoms with Crippen molar-refractivity contribution in [3.8, 4) is 0 Å². The maximum atomic E-state index is 5.21. The Morgan fingerprint density at radius 2 is 1.78 bits per heavy atom. The molecule has 0 saturated heterocycles. The van der Waals surface area contributed by atoms with E-state index < -0.39 is 8.80 Å². The summed E-state index contributed by atoms with van der Waals surface area (Å²) in [5, 5.41) is 0. The summed E-state index contributed by atoms with van der Waals surface area (Å²) in [4.78, 5) is 0. The van der Waals surface area contributed by atoms with Crippen LogP contribution in [-0.2, 0) is 13.3 Å². The fraction of sp³-hybridized carbons (Fsp3) is 1.00. The zero-order valence-electron chi connectivity index (χ0n) is 5.81. The standard InChI is InChI=1S/C4H11IO3Si/c1-6-9(3,7-2)8-4-5/h4H2,1-3H3. The minimum absolute atomic E-state index is 0.613. The molecule has 0 saturated carbocycles. The molecule has 0 unspecified atom stereocenters. The van der Waals surface area contributed by atoms with E-state index in [4.69, 9.17) is 13.3 Å². The Labute approximate surface area is 70.2 Å². The molecule has 0 aliphatic heterocycles. The molecule has 56 valence electrons. The smallest absolute Gasteiger partial charge is 0.377 e. The first-order valence-corrected chi connectivity index (χ1v) is 6.24. The molecule has 0 spiro atoms. The van der Waals surface area contributed by atoms with E-state index in [-0.39, 0.29) is 0 Å². The van der Waals surface area contributed by atoms with Gasteiger partial charge in [-0.15, -0.1) is 0 Å². The lowest BCUT2D eigenvalue weighted by atomic mass is 11.8. The highest BCUT2D eigenvalue weighted by Crippen LogP contribution is 2.06. The Hall–Kier alpha value is 0.827. The summed E-state index contributed by atoms with van der Waals surface area (Å²) in [5.74, 6) is 0. The molecule has 0 amide bonds. The van der Waals surface area contributed by atoms with Crippen LogP contribution in [0, 0.1) is 0 Å². The van der Waals surface area contributed by atoms with Gasteiger partial charge in [-0.2, -0.15) is 0 Å². The molecule has 0 fully saturated rings. The highest BCUT2D eigenvalue weighted by Gasteiger charge is 2.30. The van der Waals surface area contributed by atoms with Crippen molar-refractivity contribution in [2.75, 3.05) is 18.8 Å². The summed E-state index contributed by atoms with van der Waals surface area (Å²) in [5.41, 5.74) is 0. The van der Waals surface area contributed by atoms with Gasteiger partial charge in [0.05, 0.1) is 4.61 Å². The predicted octanol–water partition coefficient (Wildman–Crippen LogP) is 1.26. The van der Waals surface area contributed by atoms with Crippen LogP contribution in [0.25, 0.3) is 0 Å². The first kappa shape index (κ1) is 9.83. The molecule has 0 atom stereocenters. The fourth-order valence-corrected chi connectivity index (χ4v) is 2.60. The van der Waals surface area contributed by atoms with Crippen molar-refractivity contribution in [3.63, 3.8) is 0 Å². The van der Waals surface area contributed by atoms with Crippen molar-refractivity contribution in [3.05, 3.63) is 0 Å². The van der Waals surface area contributed by atoms with Gasteiger partial charge in [0.15, 0.2) is 0 Å². The largest absolute Gasteiger partial charge is 0.497 e. The summed E-state index contributed by atoms with van der Waals surface area (Å²) < 4.78 is 15.9. The quantitative estimate of drug-likeness (QED) is 0.433. The first-order chi connectivity index (χ1) is 4.18. The normalized spacial score (nSPS) is 12.0. The van der Waals surface area contributed by atoms with Gasteiger partial charge in [0, 0.05) is 20.8 Å². The highest BCUT2D eigenvalue weighted by molar-refractivity contribution is 14.1. The lowest BCUT2D eigenvalue weighted by molar-refractivity contribution is 0.129. The van der Waals surface area contributed by atoms with Gasteiger partial charge in [-0.1, -0.05) is 22.6 Å². The molecule has 0 aliphatic rings. The third-order valence-corrected chi connectivity index (χ3v) is 4.11.